The Morgan fingerprint density at radius 3 is 1.79 bits per heavy atom. The number of rotatable bonds is 1. The maximum absolute atomic E-state index is 6.59. The number of nitrogens with two attached hydrogens (primary N) is 1. The number of hydrogen-bond donors (Lipinski definition) is 1. The highest BCUT2D eigenvalue weighted by Crippen LogP contribution is 2.29. The Hall–Kier alpha value is -0.900. The Kier molecular flexibility index (Phi) is 5.37. The zero-order valence-corrected chi connectivity index (χ0v) is 12.2. The fraction of sp³-hybridized carbons (Fsp3) is 0.867. The van der Waals surface area contributed by atoms with Crippen LogP contribution in [0, 0.1) is 6.92 Å². The van der Waals surface area contributed by atoms with Crippen molar-refractivity contribution in [3.63, 3.8) is 0 Å². The van der Waals surface area contributed by atoms with Crippen LogP contribution in [0.3, 0.4) is 0 Å². The Morgan fingerprint density at radius 1 is 0.895 bits per heavy atom. The van der Waals surface area contributed by atoms with Crippen LogP contribution in [0.4, 0.5) is 0 Å². The van der Waals surface area contributed by atoms with Gasteiger partial charge in [0.2, 0.25) is 5.89 Å². The molecule has 4 heteroatoms. The third-order valence-electron chi connectivity index (χ3n) is 4.22. The van der Waals surface area contributed by atoms with E-state index in [4.69, 9.17) is 10.3 Å². The van der Waals surface area contributed by atoms with Gasteiger partial charge in [0.25, 0.3) is 0 Å². The summed E-state index contributed by atoms with van der Waals surface area (Å²) in [5.41, 5.74) is 6.21. The van der Waals surface area contributed by atoms with E-state index >= 15 is 0 Å². The second kappa shape index (κ2) is 7.04. The molecule has 0 atom stereocenters. The predicted octanol–water partition coefficient (Wildman–Crippen LogP) is 3.84. The van der Waals surface area contributed by atoms with E-state index in [9.17, 15) is 0 Å². The van der Waals surface area contributed by atoms with Gasteiger partial charge in [-0.1, -0.05) is 62.9 Å². The number of aryl methyl sites for hydroxylation is 1. The van der Waals surface area contributed by atoms with Crippen LogP contribution in [0.25, 0.3) is 0 Å². The lowest BCUT2D eigenvalue weighted by molar-refractivity contribution is 0.302. The molecule has 0 spiro atoms. The molecule has 0 unspecified atom stereocenters. The average molecular weight is 265 g/mol. The van der Waals surface area contributed by atoms with Gasteiger partial charge in [-0.3, -0.25) is 0 Å². The van der Waals surface area contributed by atoms with Crippen LogP contribution in [-0.2, 0) is 5.54 Å². The van der Waals surface area contributed by atoms with Crippen LogP contribution in [0.1, 0.15) is 82.3 Å². The quantitative estimate of drug-likeness (QED) is 0.838. The smallest absolute Gasteiger partial charge is 0.223 e. The standard InChI is InChI=1S/C15H27N3O/c1-13-17-14(18-19-13)15(16)11-9-7-5-3-2-4-6-8-10-12-15/h2-12,16H2,1H3. The van der Waals surface area contributed by atoms with Crippen molar-refractivity contribution in [2.45, 2.75) is 83.1 Å². The van der Waals surface area contributed by atoms with Gasteiger partial charge in [0.1, 0.15) is 0 Å². The van der Waals surface area contributed by atoms with Crippen molar-refractivity contribution in [2.24, 2.45) is 5.73 Å². The van der Waals surface area contributed by atoms with Crippen LogP contribution >= 0.6 is 0 Å². The molecule has 0 saturated heterocycles. The molecule has 0 radical (unpaired) electrons. The van der Waals surface area contributed by atoms with Crippen molar-refractivity contribution in [1.82, 2.24) is 10.1 Å². The van der Waals surface area contributed by atoms with Gasteiger partial charge in [-0.25, -0.2) is 0 Å². The van der Waals surface area contributed by atoms with Gasteiger partial charge in [0.05, 0.1) is 5.54 Å². The van der Waals surface area contributed by atoms with Crippen molar-refractivity contribution in [1.29, 1.82) is 0 Å². The first-order chi connectivity index (χ1) is 9.21. The Labute approximate surface area is 116 Å². The summed E-state index contributed by atoms with van der Waals surface area (Å²) in [7, 11) is 0. The first-order valence-corrected chi connectivity index (χ1v) is 7.80. The van der Waals surface area contributed by atoms with Gasteiger partial charge in [-0.15, -0.1) is 0 Å². The highest BCUT2D eigenvalue weighted by atomic mass is 16.5. The molecule has 2 N–H and O–H groups in total. The predicted molar refractivity (Wildman–Crippen MR) is 75.7 cm³/mol. The first kappa shape index (κ1) is 14.5. The maximum Gasteiger partial charge on any atom is 0.223 e. The van der Waals surface area contributed by atoms with Crippen molar-refractivity contribution in [3.05, 3.63) is 11.7 Å². The normalized spacial score (nSPS) is 22.4. The van der Waals surface area contributed by atoms with E-state index in [0.29, 0.717) is 11.7 Å². The van der Waals surface area contributed by atoms with Crippen molar-refractivity contribution < 1.29 is 4.52 Å². The van der Waals surface area contributed by atoms with E-state index < -0.39 is 0 Å². The molecule has 2 rings (SSSR count). The summed E-state index contributed by atoms with van der Waals surface area (Å²) in [5.74, 6) is 1.33. The number of nitrogens with zero attached hydrogens (tertiary/aromatic N) is 2. The topological polar surface area (TPSA) is 64.9 Å². The minimum Gasteiger partial charge on any atom is -0.340 e. The molecule has 1 heterocycles. The third-order valence-corrected chi connectivity index (χ3v) is 4.22. The summed E-state index contributed by atoms with van der Waals surface area (Å²) in [6.07, 6.45) is 13.7. The molecule has 1 aromatic rings. The minimum absolute atomic E-state index is 0.378. The maximum atomic E-state index is 6.59. The van der Waals surface area contributed by atoms with Gasteiger partial charge < -0.3 is 10.3 Å². The second-order valence-corrected chi connectivity index (χ2v) is 5.98. The molecule has 4 nitrogen and oxygen atoms in total. The molecular weight excluding hydrogens is 238 g/mol. The molecule has 1 aliphatic carbocycles. The molecule has 1 fully saturated rings. The molecule has 1 aromatic heterocycles. The first-order valence-electron chi connectivity index (χ1n) is 7.80. The van der Waals surface area contributed by atoms with Gasteiger partial charge in [0.15, 0.2) is 5.82 Å². The highest BCUT2D eigenvalue weighted by Gasteiger charge is 2.31. The Balaban J connectivity index is 2.01. The molecule has 0 aromatic carbocycles. The molecular formula is C15H27N3O. The van der Waals surface area contributed by atoms with E-state index in [0.717, 1.165) is 12.8 Å². The van der Waals surface area contributed by atoms with Crippen LogP contribution in [0.2, 0.25) is 0 Å². The largest absolute Gasteiger partial charge is 0.340 e. The Morgan fingerprint density at radius 2 is 1.37 bits per heavy atom. The summed E-state index contributed by atoms with van der Waals surface area (Å²) < 4.78 is 5.11. The van der Waals surface area contributed by atoms with Crippen LogP contribution in [0.5, 0.6) is 0 Å². The SMILES string of the molecule is Cc1nc(C2(N)CCCCCCCCCCC2)no1. The minimum atomic E-state index is -0.378. The highest BCUT2D eigenvalue weighted by molar-refractivity contribution is 5.03. The summed E-state index contributed by atoms with van der Waals surface area (Å²) in [6.45, 7) is 1.83. The lowest BCUT2D eigenvalue weighted by Crippen LogP contribution is -2.38. The lowest BCUT2D eigenvalue weighted by Gasteiger charge is -2.26. The fourth-order valence-corrected chi connectivity index (χ4v) is 2.97. The van der Waals surface area contributed by atoms with Crippen molar-refractivity contribution in [3.8, 4) is 0 Å². The van der Waals surface area contributed by atoms with E-state index in [1.165, 1.54) is 57.8 Å². The lowest BCUT2D eigenvalue weighted by atomic mass is 9.86. The average Bonchev–Trinajstić information content (AvgIpc) is 2.81. The molecule has 19 heavy (non-hydrogen) atoms. The fourth-order valence-electron chi connectivity index (χ4n) is 2.97. The Bertz CT molecular complexity index is 363. The summed E-state index contributed by atoms with van der Waals surface area (Å²) in [4.78, 5) is 4.37. The summed E-state index contributed by atoms with van der Waals surface area (Å²) in [5, 5.41) is 4.07. The van der Waals surface area contributed by atoms with Crippen LogP contribution in [0.15, 0.2) is 4.52 Å². The summed E-state index contributed by atoms with van der Waals surface area (Å²) >= 11 is 0. The van der Waals surface area contributed by atoms with E-state index in [-0.39, 0.29) is 5.54 Å². The molecule has 0 bridgehead atoms. The zero-order chi connectivity index (χ0) is 13.6. The monoisotopic (exact) mass is 265 g/mol. The molecule has 1 saturated carbocycles. The van der Waals surface area contributed by atoms with Gasteiger partial charge in [-0.05, 0) is 12.8 Å². The zero-order valence-electron chi connectivity index (χ0n) is 12.2. The van der Waals surface area contributed by atoms with Crippen molar-refractivity contribution in [2.75, 3.05) is 0 Å². The van der Waals surface area contributed by atoms with E-state index in [2.05, 4.69) is 10.1 Å². The van der Waals surface area contributed by atoms with Crippen LogP contribution < -0.4 is 5.73 Å². The van der Waals surface area contributed by atoms with Crippen molar-refractivity contribution >= 4 is 0 Å². The van der Waals surface area contributed by atoms with E-state index in [1.54, 1.807) is 0 Å². The molecule has 108 valence electrons. The van der Waals surface area contributed by atoms with Gasteiger partial charge in [0, 0.05) is 6.92 Å². The van der Waals surface area contributed by atoms with Crippen LogP contribution in [-0.4, -0.2) is 10.1 Å². The third kappa shape index (κ3) is 4.30. The van der Waals surface area contributed by atoms with Gasteiger partial charge in [-0.2, -0.15) is 4.98 Å². The second-order valence-electron chi connectivity index (χ2n) is 5.98. The molecule has 0 aliphatic heterocycles. The molecule has 0 amide bonds. The summed E-state index contributed by atoms with van der Waals surface area (Å²) in [6, 6.07) is 0. The molecule has 1 aliphatic rings. The number of aromatic nitrogens is 2. The number of hydrogen-bond acceptors (Lipinski definition) is 4. The van der Waals surface area contributed by atoms with E-state index in [1.807, 2.05) is 6.92 Å². The van der Waals surface area contributed by atoms with Gasteiger partial charge >= 0.3 is 0 Å².